The number of hydrogen-bond acceptors (Lipinski definition) is 3. The van der Waals surface area contributed by atoms with Crippen LogP contribution in [0.15, 0.2) is 42.0 Å². The fraction of sp³-hybridized carbons (Fsp3) is 0.308. The number of hydrogen-bond donors (Lipinski definition) is 2. The third-order valence-electron chi connectivity index (χ3n) is 2.06. The summed E-state index contributed by atoms with van der Waals surface area (Å²) in [6, 6.07) is 9.57. The highest BCUT2D eigenvalue weighted by Crippen LogP contribution is 2.07. The molecular formula is C13H17NO3. The van der Waals surface area contributed by atoms with Crippen LogP contribution in [-0.2, 0) is 4.79 Å². The van der Waals surface area contributed by atoms with Crippen molar-refractivity contribution in [3.63, 3.8) is 0 Å². The van der Waals surface area contributed by atoms with Gasteiger partial charge in [-0.25, -0.2) is 4.79 Å². The van der Waals surface area contributed by atoms with Crippen LogP contribution in [0.4, 0.5) is 0 Å². The molecular weight excluding hydrogens is 218 g/mol. The number of para-hydroxylation sites is 1. The molecule has 1 rings (SSSR count). The maximum absolute atomic E-state index is 10.4. The van der Waals surface area contributed by atoms with Gasteiger partial charge >= 0.3 is 5.97 Å². The van der Waals surface area contributed by atoms with Crippen molar-refractivity contribution < 1.29 is 14.6 Å². The van der Waals surface area contributed by atoms with Gasteiger partial charge in [0.15, 0.2) is 0 Å². The van der Waals surface area contributed by atoms with E-state index in [1.807, 2.05) is 30.3 Å². The fourth-order valence-electron chi connectivity index (χ4n) is 1.31. The van der Waals surface area contributed by atoms with Crippen molar-refractivity contribution in [3.05, 3.63) is 42.0 Å². The molecule has 0 aromatic heterocycles. The Kier molecular flexibility index (Phi) is 5.82. The van der Waals surface area contributed by atoms with E-state index in [9.17, 15) is 4.79 Å². The number of carboxylic acids is 1. The highest BCUT2D eigenvalue weighted by Gasteiger charge is 1.95. The van der Waals surface area contributed by atoms with Crippen LogP contribution in [0.25, 0.3) is 0 Å². The van der Waals surface area contributed by atoms with Crippen molar-refractivity contribution in [1.82, 2.24) is 5.32 Å². The molecule has 0 spiro atoms. The van der Waals surface area contributed by atoms with E-state index in [2.05, 4.69) is 5.32 Å². The Balaban J connectivity index is 2.11. The Morgan fingerprint density at radius 1 is 1.41 bits per heavy atom. The highest BCUT2D eigenvalue weighted by molar-refractivity contribution is 5.80. The number of nitrogens with one attached hydrogen (secondary N) is 1. The van der Waals surface area contributed by atoms with E-state index in [4.69, 9.17) is 9.84 Å². The first-order valence-electron chi connectivity index (χ1n) is 5.47. The summed E-state index contributed by atoms with van der Waals surface area (Å²) in [6.45, 7) is 3.58. The standard InChI is InChI=1S/C13H17NO3/c1-11(9-13(15)16)10-14-7-8-17-12-5-3-2-4-6-12/h2-6,9,14H,7-8,10H2,1H3,(H,15,16)/b11-9-. The van der Waals surface area contributed by atoms with Crippen LogP contribution in [0.2, 0.25) is 0 Å². The van der Waals surface area contributed by atoms with Gasteiger partial charge in [-0.2, -0.15) is 0 Å². The lowest BCUT2D eigenvalue weighted by molar-refractivity contribution is -0.131. The van der Waals surface area contributed by atoms with E-state index >= 15 is 0 Å². The van der Waals surface area contributed by atoms with Crippen molar-refractivity contribution in [3.8, 4) is 5.75 Å². The second kappa shape index (κ2) is 7.46. The predicted octanol–water partition coefficient (Wildman–Crippen LogP) is 1.69. The van der Waals surface area contributed by atoms with Crippen LogP contribution < -0.4 is 10.1 Å². The van der Waals surface area contributed by atoms with E-state index in [0.717, 1.165) is 11.3 Å². The molecule has 92 valence electrons. The molecule has 17 heavy (non-hydrogen) atoms. The van der Waals surface area contributed by atoms with Gasteiger partial charge in [0, 0.05) is 19.2 Å². The third-order valence-corrected chi connectivity index (χ3v) is 2.06. The number of carbonyl (C=O) groups is 1. The SMILES string of the molecule is C/C(=C/C(=O)O)CNCCOc1ccccc1. The number of rotatable bonds is 7. The Morgan fingerprint density at radius 3 is 2.76 bits per heavy atom. The smallest absolute Gasteiger partial charge is 0.328 e. The minimum atomic E-state index is -0.912. The van der Waals surface area contributed by atoms with Crippen LogP contribution in [0.1, 0.15) is 6.92 Å². The minimum Gasteiger partial charge on any atom is -0.492 e. The molecule has 2 N–H and O–H groups in total. The van der Waals surface area contributed by atoms with Crippen molar-refractivity contribution in [2.24, 2.45) is 0 Å². The maximum atomic E-state index is 10.4. The van der Waals surface area contributed by atoms with Crippen molar-refractivity contribution in [1.29, 1.82) is 0 Å². The molecule has 0 aliphatic rings. The molecule has 0 fully saturated rings. The van der Waals surface area contributed by atoms with Gasteiger partial charge in [0.1, 0.15) is 12.4 Å². The second-order valence-corrected chi connectivity index (χ2v) is 3.67. The van der Waals surface area contributed by atoms with Crippen LogP contribution in [0, 0.1) is 0 Å². The van der Waals surface area contributed by atoms with Gasteiger partial charge in [0.2, 0.25) is 0 Å². The molecule has 0 bridgehead atoms. The summed E-state index contributed by atoms with van der Waals surface area (Å²) in [6.07, 6.45) is 1.20. The first kappa shape index (κ1) is 13.3. The summed E-state index contributed by atoms with van der Waals surface area (Å²) in [5.41, 5.74) is 0.789. The number of carboxylic acid groups (broad SMARTS) is 1. The van der Waals surface area contributed by atoms with Gasteiger partial charge in [-0.1, -0.05) is 23.8 Å². The number of aliphatic carboxylic acids is 1. The van der Waals surface area contributed by atoms with Gasteiger partial charge in [-0.15, -0.1) is 0 Å². The predicted molar refractivity (Wildman–Crippen MR) is 66.2 cm³/mol. The third kappa shape index (κ3) is 6.37. The Labute approximate surface area is 101 Å². The van der Waals surface area contributed by atoms with E-state index in [1.54, 1.807) is 6.92 Å². The molecule has 1 aromatic carbocycles. The molecule has 0 saturated heterocycles. The maximum Gasteiger partial charge on any atom is 0.328 e. The molecule has 0 saturated carbocycles. The van der Waals surface area contributed by atoms with Crippen molar-refractivity contribution >= 4 is 5.97 Å². The lowest BCUT2D eigenvalue weighted by Gasteiger charge is -2.07. The first-order chi connectivity index (χ1) is 8.18. The quantitative estimate of drug-likeness (QED) is 0.557. The van der Waals surface area contributed by atoms with Gasteiger partial charge in [-0.3, -0.25) is 0 Å². The summed E-state index contributed by atoms with van der Waals surface area (Å²) in [7, 11) is 0. The molecule has 4 heteroatoms. The molecule has 0 radical (unpaired) electrons. The average molecular weight is 235 g/mol. The zero-order valence-corrected chi connectivity index (χ0v) is 9.85. The molecule has 1 aromatic rings. The first-order valence-corrected chi connectivity index (χ1v) is 5.47. The Morgan fingerprint density at radius 2 is 2.12 bits per heavy atom. The lowest BCUT2D eigenvalue weighted by atomic mass is 10.3. The van der Waals surface area contributed by atoms with E-state index in [-0.39, 0.29) is 0 Å². The van der Waals surface area contributed by atoms with Gasteiger partial charge in [0.25, 0.3) is 0 Å². The van der Waals surface area contributed by atoms with Crippen LogP contribution >= 0.6 is 0 Å². The second-order valence-electron chi connectivity index (χ2n) is 3.67. The van der Waals surface area contributed by atoms with Crippen molar-refractivity contribution in [2.75, 3.05) is 19.7 Å². The number of ether oxygens (including phenoxy) is 1. The molecule has 0 aliphatic carbocycles. The summed E-state index contributed by atoms with van der Waals surface area (Å²) in [5.74, 6) is -0.0723. The van der Waals surface area contributed by atoms with Crippen LogP contribution in [0.5, 0.6) is 5.75 Å². The van der Waals surface area contributed by atoms with Crippen molar-refractivity contribution in [2.45, 2.75) is 6.92 Å². The summed E-state index contributed by atoms with van der Waals surface area (Å²) < 4.78 is 5.47. The Bertz CT molecular complexity index is 374. The van der Waals surface area contributed by atoms with E-state index in [1.165, 1.54) is 6.08 Å². The van der Waals surface area contributed by atoms with Crippen LogP contribution in [-0.4, -0.2) is 30.8 Å². The normalized spacial score (nSPS) is 11.2. The average Bonchev–Trinajstić information content (AvgIpc) is 2.29. The number of benzene rings is 1. The van der Waals surface area contributed by atoms with E-state index < -0.39 is 5.97 Å². The van der Waals surface area contributed by atoms with E-state index in [0.29, 0.717) is 19.7 Å². The van der Waals surface area contributed by atoms with Crippen LogP contribution in [0.3, 0.4) is 0 Å². The molecule has 0 atom stereocenters. The molecule has 0 amide bonds. The largest absolute Gasteiger partial charge is 0.492 e. The monoisotopic (exact) mass is 235 g/mol. The Hall–Kier alpha value is -1.81. The van der Waals surface area contributed by atoms with Gasteiger partial charge in [-0.05, 0) is 19.1 Å². The summed E-state index contributed by atoms with van der Waals surface area (Å²) in [5, 5.41) is 11.6. The summed E-state index contributed by atoms with van der Waals surface area (Å²) in [4.78, 5) is 10.4. The summed E-state index contributed by atoms with van der Waals surface area (Å²) >= 11 is 0. The zero-order chi connectivity index (χ0) is 12.5. The topological polar surface area (TPSA) is 58.6 Å². The minimum absolute atomic E-state index is 0.560. The fourth-order valence-corrected chi connectivity index (χ4v) is 1.31. The molecule has 0 aliphatic heterocycles. The van der Waals surface area contributed by atoms with Gasteiger partial charge < -0.3 is 15.2 Å². The lowest BCUT2D eigenvalue weighted by Crippen LogP contribution is -2.23. The molecule has 0 unspecified atom stereocenters. The molecule has 4 nitrogen and oxygen atoms in total. The molecule has 0 heterocycles. The van der Waals surface area contributed by atoms with Gasteiger partial charge in [0.05, 0.1) is 0 Å². The zero-order valence-electron chi connectivity index (χ0n) is 9.85. The highest BCUT2D eigenvalue weighted by atomic mass is 16.5.